The van der Waals surface area contributed by atoms with Crippen molar-refractivity contribution >= 4 is 23.9 Å². The zero-order valence-electron chi connectivity index (χ0n) is 18.7. The molecule has 0 aliphatic rings. The first-order chi connectivity index (χ1) is 15.2. The molecule has 1 radical (unpaired) electrons. The zero-order chi connectivity index (χ0) is 24.1. The second-order valence-corrected chi connectivity index (χ2v) is 7.91. The van der Waals surface area contributed by atoms with Crippen LogP contribution in [-0.4, -0.2) is 58.6 Å². The topological polar surface area (TPSA) is 170 Å². The molecule has 0 heterocycles. The second-order valence-electron chi connectivity index (χ2n) is 7.91. The van der Waals surface area contributed by atoms with Crippen LogP contribution in [-0.2, 0) is 25.6 Å². The molecule has 0 bridgehead atoms. The third-order valence-corrected chi connectivity index (χ3v) is 5.40. The summed E-state index contributed by atoms with van der Waals surface area (Å²) in [6.07, 6.45) is 4.41. The van der Waals surface area contributed by atoms with E-state index in [0.29, 0.717) is 44.3 Å². The highest BCUT2D eigenvalue weighted by Gasteiger charge is 2.48. The number of phenolic OH excluding ortho intramolecular Hbond substituents is 1. The van der Waals surface area contributed by atoms with Crippen molar-refractivity contribution in [2.75, 3.05) is 13.1 Å². The average Bonchev–Trinajstić information content (AvgIpc) is 2.77. The van der Waals surface area contributed by atoms with Gasteiger partial charge in [-0.3, -0.25) is 24.1 Å². The molecule has 0 aromatic heterocycles. The molecule has 1 aromatic rings. The number of imide groups is 1. The van der Waals surface area contributed by atoms with Gasteiger partial charge in [0, 0.05) is 6.42 Å². The largest absolute Gasteiger partial charge is 0.508 e. The molecular formula is C23H35N4O5. The molecule has 32 heavy (non-hydrogen) atoms. The van der Waals surface area contributed by atoms with Crippen LogP contribution in [0.2, 0.25) is 0 Å². The Bertz CT molecular complexity index is 768. The number of Topliss-reactive ketones (excluding diaryl/α,β-unsaturated/α-hetero) is 1. The number of phenols is 1. The van der Waals surface area contributed by atoms with Crippen molar-refractivity contribution in [3.63, 3.8) is 0 Å². The van der Waals surface area contributed by atoms with Gasteiger partial charge >= 0.3 is 0 Å². The third kappa shape index (κ3) is 7.51. The molecule has 0 fully saturated rings. The minimum Gasteiger partial charge on any atom is -0.508 e. The number of carbonyl (C=O) groups is 3. The van der Waals surface area contributed by atoms with Crippen LogP contribution in [0.4, 0.5) is 0 Å². The van der Waals surface area contributed by atoms with E-state index in [1.165, 1.54) is 19.1 Å². The van der Waals surface area contributed by atoms with E-state index in [1.807, 2.05) is 0 Å². The summed E-state index contributed by atoms with van der Waals surface area (Å²) in [7, 11) is 0. The van der Waals surface area contributed by atoms with Crippen molar-refractivity contribution in [2.24, 2.45) is 17.2 Å². The number of nitrogens with two attached hydrogens (primary N) is 3. The summed E-state index contributed by atoms with van der Waals surface area (Å²) in [5.41, 5.74) is 15.8. The number of unbranched alkanes of at least 4 members (excludes halogenated alkanes) is 3. The van der Waals surface area contributed by atoms with Gasteiger partial charge in [0.25, 0.3) is 0 Å². The Balaban J connectivity index is 3.24. The van der Waals surface area contributed by atoms with Gasteiger partial charge in [0.1, 0.15) is 5.75 Å². The Labute approximate surface area is 189 Å². The van der Waals surface area contributed by atoms with Gasteiger partial charge in [0.15, 0.2) is 11.3 Å². The molecule has 7 N–H and O–H groups in total. The van der Waals surface area contributed by atoms with Crippen molar-refractivity contribution < 1.29 is 24.3 Å². The molecule has 9 heteroatoms. The number of benzene rings is 1. The third-order valence-electron chi connectivity index (χ3n) is 5.40. The van der Waals surface area contributed by atoms with Crippen LogP contribution in [0.25, 0.3) is 0 Å². The monoisotopic (exact) mass is 447 g/mol. The summed E-state index contributed by atoms with van der Waals surface area (Å²) in [5, 5.41) is 9.44. The lowest BCUT2D eigenvalue weighted by Crippen LogP contribution is -2.63. The molecule has 0 aliphatic heterocycles. The van der Waals surface area contributed by atoms with Crippen LogP contribution in [0, 0.1) is 0 Å². The molecule has 9 nitrogen and oxygen atoms in total. The average molecular weight is 448 g/mol. The molecule has 1 rings (SSSR count). The predicted octanol–water partition coefficient (Wildman–Crippen LogP) is 0.703. The highest BCUT2D eigenvalue weighted by atomic mass is 16.3. The molecular weight excluding hydrogens is 412 g/mol. The molecule has 0 aliphatic carbocycles. The SMILES string of the molecule is CC(=O)[C@@]([C]=O)(CCCCN)N(C(=O)CCCCCN)C(=O)[C@@H](N)Cc1ccc(O)cc1. The lowest BCUT2D eigenvalue weighted by atomic mass is 9.86. The van der Waals surface area contributed by atoms with Crippen molar-refractivity contribution in [3.05, 3.63) is 29.8 Å². The lowest BCUT2D eigenvalue weighted by molar-refractivity contribution is -0.155. The van der Waals surface area contributed by atoms with Crippen molar-refractivity contribution in [1.82, 2.24) is 4.90 Å². The quantitative estimate of drug-likeness (QED) is 0.225. The first-order valence-corrected chi connectivity index (χ1v) is 10.9. The van der Waals surface area contributed by atoms with Crippen LogP contribution >= 0.6 is 0 Å². The number of hydrogen-bond donors (Lipinski definition) is 4. The molecule has 0 spiro atoms. The summed E-state index contributed by atoms with van der Waals surface area (Å²) in [4.78, 5) is 51.9. The number of carbonyl (C=O) groups excluding carboxylic acids is 4. The fourth-order valence-corrected chi connectivity index (χ4v) is 3.51. The molecule has 2 atom stereocenters. The summed E-state index contributed by atoms with van der Waals surface area (Å²) >= 11 is 0. The number of amides is 2. The van der Waals surface area contributed by atoms with Crippen LogP contribution < -0.4 is 17.2 Å². The molecule has 0 saturated heterocycles. The lowest BCUT2D eigenvalue weighted by Gasteiger charge is -2.37. The van der Waals surface area contributed by atoms with Gasteiger partial charge < -0.3 is 22.3 Å². The standard InChI is InChI=1S/C23H35N4O5/c1-17(29)23(16-28,12-4-6-14-25)27(21(31)7-3-2-5-13-24)22(32)20(26)15-18-8-10-19(30)11-9-18/h8-11,20,30H,2-7,12-15,24-26H2,1H3/t20-,23-/m0/s1. The number of aromatic hydroxyl groups is 1. The molecule has 0 unspecified atom stereocenters. The summed E-state index contributed by atoms with van der Waals surface area (Å²) in [6.45, 7) is 1.99. The summed E-state index contributed by atoms with van der Waals surface area (Å²) in [5.74, 6) is -2.04. The van der Waals surface area contributed by atoms with E-state index in [-0.39, 0.29) is 25.0 Å². The van der Waals surface area contributed by atoms with E-state index >= 15 is 0 Å². The van der Waals surface area contributed by atoms with Crippen LogP contribution in [0.1, 0.15) is 57.4 Å². The minimum absolute atomic E-state index is 0.0226. The van der Waals surface area contributed by atoms with E-state index in [9.17, 15) is 24.3 Å². The maximum atomic E-state index is 13.3. The van der Waals surface area contributed by atoms with Crippen LogP contribution in [0.5, 0.6) is 5.75 Å². The fourth-order valence-electron chi connectivity index (χ4n) is 3.51. The molecule has 2 amide bonds. The van der Waals surface area contributed by atoms with Crippen molar-refractivity contribution in [3.8, 4) is 5.75 Å². The highest BCUT2D eigenvalue weighted by Crippen LogP contribution is 2.26. The van der Waals surface area contributed by atoms with Gasteiger partial charge in [0.2, 0.25) is 18.1 Å². The molecule has 177 valence electrons. The van der Waals surface area contributed by atoms with Crippen molar-refractivity contribution in [2.45, 2.75) is 69.9 Å². The van der Waals surface area contributed by atoms with E-state index in [0.717, 1.165) is 11.3 Å². The number of ketones is 1. The maximum Gasteiger partial charge on any atom is 0.247 e. The van der Waals surface area contributed by atoms with Gasteiger partial charge in [-0.2, -0.15) is 0 Å². The Morgan fingerprint density at radius 2 is 1.62 bits per heavy atom. The van der Waals surface area contributed by atoms with Gasteiger partial charge in [-0.15, -0.1) is 0 Å². The molecule has 0 saturated carbocycles. The van der Waals surface area contributed by atoms with Gasteiger partial charge in [0.05, 0.1) is 6.04 Å². The van der Waals surface area contributed by atoms with E-state index in [1.54, 1.807) is 18.4 Å². The Morgan fingerprint density at radius 1 is 1.03 bits per heavy atom. The van der Waals surface area contributed by atoms with Gasteiger partial charge in [-0.05, 0) is 76.2 Å². The van der Waals surface area contributed by atoms with Crippen LogP contribution in [0.3, 0.4) is 0 Å². The minimum atomic E-state index is -2.04. The number of rotatable bonds is 15. The van der Waals surface area contributed by atoms with Gasteiger partial charge in [-0.1, -0.05) is 18.6 Å². The summed E-state index contributed by atoms with van der Waals surface area (Å²) in [6, 6.07) is 4.95. The zero-order valence-corrected chi connectivity index (χ0v) is 18.7. The predicted molar refractivity (Wildman–Crippen MR) is 121 cm³/mol. The second kappa shape index (κ2) is 13.7. The Kier molecular flexibility index (Phi) is 11.8. The first kappa shape index (κ1) is 27.4. The maximum absolute atomic E-state index is 13.3. The fraction of sp³-hybridized carbons (Fsp3) is 0.565. The number of hydrogen-bond acceptors (Lipinski definition) is 8. The van der Waals surface area contributed by atoms with E-state index in [2.05, 4.69) is 0 Å². The molecule has 1 aromatic carbocycles. The highest BCUT2D eigenvalue weighted by molar-refractivity contribution is 6.12. The van der Waals surface area contributed by atoms with E-state index in [4.69, 9.17) is 17.2 Å². The Morgan fingerprint density at radius 3 is 2.16 bits per heavy atom. The van der Waals surface area contributed by atoms with E-state index < -0.39 is 29.2 Å². The summed E-state index contributed by atoms with van der Waals surface area (Å²) < 4.78 is 0. The van der Waals surface area contributed by atoms with Crippen molar-refractivity contribution in [1.29, 1.82) is 0 Å². The van der Waals surface area contributed by atoms with Crippen LogP contribution in [0.15, 0.2) is 24.3 Å². The normalized spacial score (nSPS) is 13.8. The smallest absolute Gasteiger partial charge is 0.247 e. The first-order valence-electron chi connectivity index (χ1n) is 10.9. The number of nitrogens with zero attached hydrogens (tertiary/aromatic N) is 1. The van der Waals surface area contributed by atoms with Gasteiger partial charge in [-0.25, -0.2) is 0 Å². The Hall–Kier alpha value is -2.62.